The summed E-state index contributed by atoms with van der Waals surface area (Å²) in [7, 11) is 1.79. The Bertz CT molecular complexity index is 822. The van der Waals surface area contributed by atoms with E-state index < -0.39 is 11.6 Å². The molecule has 0 aliphatic heterocycles. The molecule has 0 fully saturated rings. The first-order valence-electron chi connectivity index (χ1n) is 6.15. The topological polar surface area (TPSA) is 43.8 Å². The molecule has 0 aliphatic rings. The predicted molar refractivity (Wildman–Crippen MR) is 75.2 cm³/mol. The highest BCUT2D eigenvalue weighted by molar-refractivity contribution is 5.81. The van der Waals surface area contributed by atoms with E-state index in [0.717, 1.165) is 22.7 Å². The molecule has 0 unspecified atom stereocenters. The third-order valence-corrected chi connectivity index (χ3v) is 3.36. The Labute approximate surface area is 114 Å². The van der Waals surface area contributed by atoms with E-state index in [9.17, 15) is 8.78 Å². The standard InChI is InChI=1S/C15H13F2N3/c1-8-3-4-14-13(5-8)19-15(20(14)2)9-6-12(18)11(17)7-10(9)16/h3-7H,18H2,1-2H3. The summed E-state index contributed by atoms with van der Waals surface area (Å²) in [5.74, 6) is -1.01. The quantitative estimate of drug-likeness (QED) is 0.690. The molecule has 0 bridgehead atoms. The highest BCUT2D eigenvalue weighted by Crippen LogP contribution is 2.29. The molecule has 1 heterocycles. The molecular formula is C15H13F2N3. The number of rotatable bonds is 1. The van der Waals surface area contributed by atoms with Gasteiger partial charge in [0.1, 0.15) is 17.5 Å². The molecule has 102 valence electrons. The van der Waals surface area contributed by atoms with Crippen molar-refractivity contribution in [2.75, 3.05) is 5.73 Å². The van der Waals surface area contributed by atoms with Crippen LogP contribution in [0.25, 0.3) is 22.4 Å². The Kier molecular flexibility index (Phi) is 2.71. The lowest BCUT2D eigenvalue weighted by molar-refractivity contribution is 0.587. The van der Waals surface area contributed by atoms with Crippen molar-refractivity contribution in [3.63, 3.8) is 0 Å². The highest BCUT2D eigenvalue weighted by atomic mass is 19.1. The first-order valence-corrected chi connectivity index (χ1v) is 6.15. The lowest BCUT2D eigenvalue weighted by Gasteiger charge is -2.06. The zero-order valence-electron chi connectivity index (χ0n) is 11.1. The van der Waals surface area contributed by atoms with Crippen LogP contribution in [0.5, 0.6) is 0 Å². The van der Waals surface area contributed by atoms with Gasteiger partial charge in [-0.05, 0) is 30.7 Å². The minimum Gasteiger partial charge on any atom is -0.396 e. The Morgan fingerprint density at radius 3 is 2.60 bits per heavy atom. The molecule has 3 nitrogen and oxygen atoms in total. The Balaban J connectivity index is 2.30. The maximum atomic E-state index is 14.0. The van der Waals surface area contributed by atoms with Crippen LogP contribution < -0.4 is 5.73 Å². The van der Waals surface area contributed by atoms with E-state index in [1.807, 2.05) is 25.1 Å². The summed E-state index contributed by atoms with van der Waals surface area (Å²) in [5, 5.41) is 0. The molecule has 0 radical (unpaired) electrons. The SMILES string of the molecule is Cc1ccc2c(c1)nc(-c1cc(N)c(F)cc1F)n2C. The largest absolute Gasteiger partial charge is 0.396 e. The normalized spacial score (nSPS) is 11.2. The van der Waals surface area contributed by atoms with Crippen LogP contribution in [0.4, 0.5) is 14.5 Å². The van der Waals surface area contributed by atoms with Gasteiger partial charge in [0.25, 0.3) is 0 Å². The van der Waals surface area contributed by atoms with Gasteiger partial charge in [0, 0.05) is 13.1 Å². The van der Waals surface area contributed by atoms with E-state index in [1.54, 1.807) is 11.6 Å². The van der Waals surface area contributed by atoms with Crippen molar-refractivity contribution >= 4 is 16.7 Å². The molecule has 3 aromatic rings. The van der Waals surface area contributed by atoms with Crippen molar-refractivity contribution in [2.45, 2.75) is 6.92 Å². The van der Waals surface area contributed by atoms with Crippen molar-refractivity contribution in [3.05, 3.63) is 47.5 Å². The van der Waals surface area contributed by atoms with Gasteiger partial charge in [-0.2, -0.15) is 0 Å². The van der Waals surface area contributed by atoms with Crippen LogP contribution in [-0.4, -0.2) is 9.55 Å². The maximum absolute atomic E-state index is 14.0. The smallest absolute Gasteiger partial charge is 0.149 e. The number of imidazole rings is 1. The fourth-order valence-corrected chi connectivity index (χ4v) is 2.29. The number of nitrogen functional groups attached to an aromatic ring is 1. The van der Waals surface area contributed by atoms with E-state index in [4.69, 9.17) is 5.73 Å². The van der Waals surface area contributed by atoms with Crippen LogP contribution in [-0.2, 0) is 7.05 Å². The number of benzene rings is 2. The molecule has 0 amide bonds. The molecule has 2 N–H and O–H groups in total. The van der Waals surface area contributed by atoms with Crippen LogP contribution in [0.15, 0.2) is 30.3 Å². The van der Waals surface area contributed by atoms with Crippen molar-refractivity contribution in [3.8, 4) is 11.4 Å². The summed E-state index contributed by atoms with van der Waals surface area (Å²) in [6.45, 7) is 1.96. The summed E-state index contributed by atoms with van der Waals surface area (Å²) >= 11 is 0. The van der Waals surface area contributed by atoms with Gasteiger partial charge in [-0.25, -0.2) is 13.8 Å². The molecule has 0 saturated carbocycles. The van der Waals surface area contributed by atoms with E-state index in [0.29, 0.717) is 5.82 Å². The second kappa shape index (κ2) is 4.30. The van der Waals surface area contributed by atoms with Crippen LogP contribution in [0.1, 0.15) is 5.56 Å². The second-order valence-corrected chi connectivity index (χ2v) is 4.84. The number of nitrogens with two attached hydrogens (primary N) is 1. The van der Waals surface area contributed by atoms with Gasteiger partial charge in [0.15, 0.2) is 0 Å². The Morgan fingerprint density at radius 2 is 1.85 bits per heavy atom. The summed E-state index contributed by atoms with van der Waals surface area (Å²) in [5.41, 5.74) is 8.34. The number of hydrogen-bond donors (Lipinski definition) is 1. The molecule has 1 aromatic heterocycles. The number of aromatic nitrogens is 2. The number of fused-ring (bicyclic) bond motifs is 1. The van der Waals surface area contributed by atoms with Gasteiger partial charge in [-0.15, -0.1) is 0 Å². The third-order valence-electron chi connectivity index (χ3n) is 3.36. The molecular weight excluding hydrogens is 260 g/mol. The average Bonchev–Trinajstić information content (AvgIpc) is 2.70. The van der Waals surface area contributed by atoms with Crippen molar-refractivity contribution in [2.24, 2.45) is 7.05 Å². The summed E-state index contributed by atoms with van der Waals surface area (Å²) in [4.78, 5) is 4.42. The number of hydrogen-bond acceptors (Lipinski definition) is 2. The van der Waals surface area contributed by atoms with Crippen molar-refractivity contribution < 1.29 is 8.78 Å². The number of anilines is 1. The van der Waals surface area contributed by atoms with Crippen LogP contribution >= 0.6 is 0 Å². The number of nitrogens with zero attached hydrogens (tertiary/aromatic N) is 2. The third kappa shape index (κ3) is 1.82. The van der Waals surface area contributed by atoms with E-state index in [-0.39, 0.29) is 11.3 Å². The zero-order valence-corrected chi connectivity index (χ0v) is 11.1. The number of aryl methyl sites for hydroxylation is 2. The molecule has 5 heteroatoms. The summed E-state index contributed by atoms with van der Waals surface area (Å²) in [6.07, 6.45) is 0. The van der Waals surface area contributed by atoms with E-state index in [1.165, 1.54) is 6.07 Å². The van der Waals surface area contributed by atoms with Crippen LogP contribution in [0.2, 0.25) is 0 Å². The predicted octanol–water partition coefficient (Wildman–Crippen LogP) is 3.41. The Hall–Kier alpha value is -2.43. The Morgan fingerprint density at radius 1 is 1.10 bits per heavy atom. The lowest BCUT2D eigenvalue weighted by Crippen LogP contribution is -1.99. The zero-order chi connectivity index (χ0) is 14.4. The second-order valence-electron chi connectivity index (χ2n) is 4.84. The molecule has 0 aliphatic carbocycles. The monoisotopic (exact) mass is 273 g/mol. The van der Waals surface area contributed by atoms with Gasteiger partial charge < -0.3 is 10.3 Å². The van der Waals surface area contributed by atoms with Crippen LogP contribution in [0.3, 0.4) is 0 Å². The average molecular weight is 273 g/mol. The molecule has 0 saturated heterocycles. The van der Waals surface area contributed by atoms with Gasteiger partial charge in [0.2, 0.25) is 0 Å². The fraction of sp³-hybridized carbons (Fsp3) is 0.133. The van der Waals surface area contributed by atoms with Gasteiger partial charge in [-0.1, -0.05) is 6.07 Å². The van der Waals surface area contributed by atoms with Crippen LogP contribution in [0, 0.1) is 18.6 Å². The molecule has 0 spiro atoms. The molecule has 0 atom stereocenters. The molecule has 3 rings (SSSR count). The van der Waals surface area contributed by atoms with Gasteiger partial charge in [-0.3, -0.25) is 0 Å². The van der Waals surface area contributed by atoms with Gasteiger partial charge in [0.05, 0.1) is 22.3 Å². The first-order chi connectivity index (χ1) is 9.47. The highest BCUT2D eigenvalue weighted by Gasteiger charge is 2.16. The first kappa shape index (κ1) is 12.6. The number of halogens is 2. The summed E-state index contributed by atoms with van der Waals surface area (Å²) in [6, 6.07) is 7.87. The van der Waals surface area contributed by atoms with Gasteiger partial charge >= 0.3 is 0 Å². The fourth-order valence-electron chi connectivity index (χ4n) is 2.29. The van der Waals surface area contributed by atoms with E-state index >= 15 is 0 Å². The van der Waals surface area contributed by atoms with E-state index in [2.05, 4.69) is 4.98 Å². The molecule has 2 aromatic carbocycles. The minimum atomic E-state index is -0.763. The van der Waals surface area contributed by atoms with Crippen molar-refractivity contribution in [1.29, 1.82) is 0 Å². The lowest BCUT2D eigenvalue weighted by atomic mass is 10.1. The summed E-state index contributed by atoms with van der Waals surface area (Å²) < 4.78 is 29.0. The van der Waals surface area contributed by atoms with Crippen molar-refractivity contribution in [1.82, 2.24) is 9.55 Å². The minimum absolute atomic E-state index is 0.0929. The maximum Gasteiger partial charge on any atom is 0.149 e. The molecule has 20 heavy (non-hydrogen) atoms.